The van der Waals surface area contributed by atoms with Gasteiger partial charge < -0.3 is 0 Å². The number of aromatic nitrogens is 1. The Morgan fingerprint density at radius 3 is 2.43 bits per heavy atom. The SMILES string of the molecule is CC(C)(C)n1sc2c(c1=O)CCC2.Cl. The molecule has 0 saturated heterocycles. The third kappa shape index (κ3) is 1.75. The van der Waals surface area contributed by atoms with E-state index in [-0.39, 0.29) is 23.5 Å². The molecule has 0 aliphatic heterocycles. The van der Waals surface area contributed by atoms with Gasteiger partial charge in [0.05, 0.1) is 5.54 Å². The molecular formula is C10H16ClNOS. The van der Waals surface area contributed by atoms with Gasteiger partial charge in [-0.1, -0.05) is 11.5 Å². The molecule has 1 aromatic heterocycles. The lowest BCUT2D eigenvalue weighted by atomic mass is 10.1. The fourth-order valence-electron chi connectivity index (χ4n) is 1.76. The summed E-state index contributed by atoms with van der Waals surface area (Å²) in [5, 5.41) is 0. The normalized spacial score (nSPS) is 15.1. The van der Waals surface area contributed by atoms with Gasteiger partial charge in [0.1, 0.15) is 0 Å². The summed E-state index contributed by atoms with van der Waals surface area (Å²) in [5.41, 5.74) is 1.29. The van der Waals surface area contributed by atoms with Crippen molar-refractivity contribution in [2.24, 2.45) is 0 Å². The van der Waals surface area contributed by atoms with Crippen LogP contribution in [0.5, 0.6) is 0 Å². The molecule has 80 valence electrons. The highest BCUT2D eigenvalue weighted by Crippen LogP contribution is 2.27. The van der Waals surface area contributed by atoms with E-state index in [0.29, 0.717) is 0 Å². The fraction of sp³-hybridized carbons (Fsp3) is 0.700. The smallest absolute Gasteiger partial charge is 0.264 e. The van der Waals surface area contributed by atoms with Crippen molar-refractivity contribution in [1.82, 2.24) is 3.96 Å². The zero-order chi connectivity index (χ0) is 9.64. The van der Waals surface area contributed by atoms with Crippen LogP contribution in [0, 0.1) is 0 Å². The van der Waals surface area contributed by atoms with Gasteiger partial charge in [0.15, 0.2) is 0 Å². The van der Waals surface area contributed by atoms with E-state index in [0.717, 1.165) is 18.4 Å². The summed E-state index contributed by atoms with van der Waals surface area (Å²) >= 11 is 1.66. The van der Waals surface area contributed by atoms with Crippen LogP contribution in [-0.4, -0.2) is 3.96 Å². The van der Waals surface area contributed by atoms with Crippen molar-refractivity contribution in [3.8, 4) is 0 Å². The Bertz CT molecular complexity index is 386. The first-order valence-corrected chi connectivity index (χ1v) is 5.52. The predicted octanol–water partition coefficient (Wildman–Crippen LogP) is 2.58. The van der Waals surface area contributed by atoms with Gasteiger partial charge in [-0.3, -0.25) is 8.75 Å². The van der Waals surface area contributed by atoms with Crippen molar-refractivity contribution in [1.29, 1.82) is 0 Å². The zero-order valence-corrected chi connectivity index (χ0v) is 10.4. The second kappa shape index (κ2) is 3.70. The van der Waals surface area contributed by atoms with Crippen LogP contribution in [0.4, 0.5) is 0 Å². The molecule has 0 radical (unpaired) electrons. The second-order valence-corrected chi connectivity index (χ2v) is 5.66. The van der Waals surface area contributed by atoms with Crippen LogP contribution in [0.15, 0.2) is 4.79 Å². The quantitative estimate of drug-likeness (QED) is 0.675. The molecule has 0 unspecified atom stereocenters. The monoisotopic (exact) mass is 233 g/mol. The van der Waals surface area contributed by atoms with E-state index in [2.05, 4.69) is 20.8 Å². The summed E-state index contributed by atoms with van der Waals surface area (Å²) in [6.45, 7) is 6.25. The first-order chi connectivity index (χ1) is 6.00. The van der Waals surface area contributed by atoms with E-state index in [1.807, 2.05) is 3.96 Å². The van der Waals surface area contributed by atoms with E-state index in [9.17, 15) is 4.79 Å². The summed E-state index contributed by atoms with van der Waals surface area (Å²) in [4.78, 5) is 13.2. The number of halogens is 1. The molecule has 1 aliphatic carbocycles. The van der Waals surface area contributed by atoms with Gasteiger partial charge >= 0.3 is 0 Å². The van der Waals surface area contributed by atoms with E-state index in [1.165, 1.54) is 11.3 Å². The average molecular weight is 234 g/mol. The Morgan fingerprint density at radius 1 is 1.29 bits per heavy atom. The van der Waals surface area contributed by atoms with Gasteiger partial charge in [0.2, 0.25) is 0 Å². The molecule has 1 heterocycles. The van der Waals surface area contributed by atoms with E-state index >= 15 is 0 Å². The molecule has 14 heavy (non-hydrogen) atoms. The minimum absolute atomic E-state index is 0. The van der Waals surface area contributed by atoms with Crippen LogP contribution in [0.25, 0.3) is 0 Å². The molecule has 1 aromatic rings. The van der Waals surface area contributed by atoms with Crippen molar-refractivity contribution in [2.75, 3.05) is 0 Å². The fourth-order valence-corrected chi connectivity index (χ4v) is 2.98. The van der Waals surface area contributed by atoms with Gasteiger partial charge in [-0.25, -0.2) is 0 Å². The highest BCUT2D eigenvalue weighted by Gasteiger charge is 2.25. The van der Waals surface area contributed by atoms with Crippen molar-refractivity contribution < 1.29 is 0 Å². The molecule has 4 heteroatoms. The summed E-state index contributed by atoms with van der Waals surface area (Å²) in [6, 6.07) is 0. The maximum atomic E-state index is 11.9. The molecule has 0 amide bonds. The van der Waals surface area contributed by atoms with Gasteiger partial charge in [0.25, 0.3) is 5.56 Å². The highest BCUT2D eigenvalue weighted by atomic mass is 35.5. The number of rotatable bonds is 0. The Hall–Kier alpha value is -0.280. The Labute approximate surface area is 94.5 Å². The predicted molar refractivity (Wildman–Crippen MR) is 62.8 cm³/mol. The van der Waals surface area contributed by atoms with Crippen molar-refractivity contribution >= 4 is 23.9 Å². The Morgan fingerprint density at radius 2 is 1.93 bits per heavy atom. The van der Waals surface area contributed by atoms with Gasteiger partial charge in [-0.2, -0.15) is 0 Å². The van der Waals surface area contributed by atoms with Crippen LogP contribution in [0.3, 0.4) is 0 Å². The molecule has 0 bridgehead atoms. The zero-order valence-electron chi connectivity index (χ0n) is 8.79. The molecule has 2 nitrogen and oxygen atoms in total. The lowest BCUT2D eigenvalue weighted by molar-refractivity contribution is 0.418. The Kier molecular flexibility index (Phi) is 3.12. The van der Waals surface area contributed by atoms with Gasteiger partial charge in [-0.15, -0.1) is 12.4 Å². The van der Waals surface area contributed by atoms with Crippen LogP contribution in [-0.2, 0) is 18.4 Å². The van der Waals surface area contributed by atoms with Crippen LogP contribution in [0.1, 0.15) is 37.6 Å². The lowest BCUT2D eigenvalue weighted by Crippen LogP contribution is -2.30. The Balaban J connectivity index is 0.000000980. The number of nitrogens with zero attached hydrogens (tertiary/aromatic N) is 1. The average Bonchev–Trinajstić information content (AvgIpc) is 2.51. The largest absolute Gasteiger partial charge is 0.268 e. The van der Waals surface area contributed by atoms with E-state index in [1.54, 1.807) is 11.5 Å². The molecular weight excluding hydrogens is 218 g/mol. The van der Waals surface area contributed by atoms with E-state index in [4.69, 9.17) is 0 Å². The second-order valence-electron chi connectivity index (χ2n) is 4.62. The molecule has 0 atom stereocenters. The van der Waals surface area contributed by atoms with Crippen LogP contribution < -0.4 is 5.56 Å². The van der Waals surface area contributed by atoms with Crippen molar-refractivity contribution in [3.05, 3.63) is 20.8 Å². The molecule has 0 N–H and O–H groups in total. The first-order valence-electron chi connectivity index (χ1n) is 4.75. The standard InChI is InChI=1S/C10H15NOS.ClH/c1-10(2,3)11-9(12)7-5-4-6-8(7)13-11;/h4-6H2,1-3H3;1H. The molecule has 0 spiro atoms. The molecule has 2 rings (SSSR count). The van der Waals surface area contributed by atoms with Crippen molar-refractivity contribution in [3.63, 3.8) is 0 Å². The third-order valence-corrected chi connectivity index (χ3v) is 3.99. The topological polar surface area (TPSA) is 22.0 Å². The van der Waals surface area contributed by atoms with Gasteiger partial charge in [0, 0.05) is 10.4 Å². The maximum Gasteiger partial charge on any atom is 0.264 e. The van der Waals surface area contributed by atoms with Crippen LogP contribution in [0.2, 0.25) is 0 Å². The molecule has 0 aromatic carbocycles. The molecule has 0 saturated carbocycles. The highest BCUT2D eigenvalue weighted by molar-refractivity contribution is 7.06. The molecule has 1 aliphatic rings. The first kappa shape index (κ1) is 11.8. The van der Waals surface area contributed by atoms with Gasteiger partial charge in [-0.05, 0) is 40.0 Å². The number of hydrogen-bond donors (Lipinski definition) is 0. The van der Waals surface area contributed by atoms with Crippen molar-refractivity contribution in [2.45, 2.75) is 45.6 Å². The number of aryl methyl sites for hydroxylation is 1. The van der Waals surface area contributed by atoms with Crippen LogP contribution >= 0.6 is 23.9 Å². The van der Waals surface area contributed by atoms with E-state index < -0.39 is 0 Å². The summed E-state index contributed by atoms with van der Waals surface area (Å²) in [5.74, 6) is 0. The number of hydrogen-bond acceptors (Lipinski definition) is 2. The third-order valence-electron chi connectivity index (χ3n) is 2.42. The minimum Gasteiger partial charge on any atom is -0.268 e. The molecule has 0 fully saturated rings. The lowest BCUT2D eigenvalue weighted by Gasteiger charge is -2.18. The summed E-state index contributed by atoms with van der Waals surface area (Å²) < 4.78 is 1.91. The maximum absolute atomic E-state index is 11.9. The number of fused-ring (bicyclic) bond motifs is 1. The minimum atomic E-state index is -0.0495. The summed E-state index contributed by atoms with van der Waals surface area (Å²) in [7, 11) is 0. The summed E-state index contributed by atoms with van der Waals surface area (Å²) in [6.07, 6.45) is 3.27.